The largest absolute Gasteiger partial charge is 0.342 e. The van der Waals surface area contributed by atoms with Crippen molar-refractivity contribution in [3.8, 4) is 0 Å². The molecule has 4 rings (SSSR count). The van der Waals surface area contributed by atoms with E-state index < -0.39 is 6.04 Å². The van der Waals surface area contributed by atoms with E-state index in [1.165, 1.54) is 12.8 Å². The maximum Gasteiger partial charge on any atom is 0.245 e. The zero-order chi connectivity index (χ0) is 23.4. The first kappa shape index (κ1) is 23.8. The van der Waals surface area contributed by atoms with Crippen LogP contribution in [-0.2, 0) is 27.3 Å². The molecule has 0 saturated carbocycles. The fourth-order valence-electron chi connectivity index (χ4n) is 5.58. The summed E-state index contributed by atoms with van der Waals surface area (Å²) in [7, 11) is 0. The molecule has 3 heterocycles. The Bertz CT molecular complexity index is 852. The number of hydrogen-bond acceptors (Lipinski definition) is 3. The van der Waals surface area contributed by atoms with Gasteiger partial charge in [0.15, 0.2) is 0 Å². The summed E-state index contributed by atoms with van der Waals surface area (Å²) in [5.74, 6) is 0.666. The first-order valence-electron chi connectivity index (χ1n) is 12.9. The molecule has 1 unspecified atom stereocenters. The minimum absolute atomic E-state index is 0.0258. The minimum atomic E-state index is -0.441. The van der Waals surface area contributed by atoms with E-state index in [9.17, 15) is 14.4 Å². The van der Waals surface area contributed by atoms with Gasteiger partial charge in [-0.2, -0.15) is 0 Å². The van der Waals surface area contributed by atoms with E-state index in [4.69, 9.17) is 0 Å². The summed E-state index contributed by atoms with van der Waals surface area (Å²) in [5.41, 5.74) is 2.30. The number of likely N-dealkylation sites (tertiary alicyclic amines) is 2. The van der Waals surface area contributed by atoms with Crippen LogP contribution in [-0.4, -0.2) is 64.6 Å². The molecule has 33 heavy (non-hydrogen) atoms. The third-order valence-corrected chi connectivity index (χ3v) is 7.51. The van der Waals surface area contributed by atoms with Crippen LogP contribution in [0.3, 0.4) is 0 Å². The van der Waals surface area contributed by atoms with Gasteiger partial charge in [-0.05, 0) is 42.7 Å². The number of piperidine rings is 1. The van der Waals surface area contributed by atoms with Crippen molar-refractivity contribution in [2.75, 3.05) is 26.2 Å². The number of carbonyl (C=O) groups excluding carboxylic acids is 3. The average molecular weight is 454 g/mol. The Hall–Kier alpha value is -2.37. The molecule has 0 aliphatic carbocycles. The lowest BCUT2D eigenvalue weighted by atomic mass is 9.90. The fourth-order valence-corrected chi connectivity index (χ4v) is 5.58. The van der Waals surface area contributed by atoms with Gasteiger partial charge in [0.1, 0.15) is 6.04 Å². The van der Waals surface area contributed by atoms with Crippen molar-refractivity contribution in [2.45, 2.75) is 77.8 Å². The van der Waals surface area contributed by atoms with Crippen LogP contribution in [0, 0.1) is 11.8 Å². The number of fused-ring (bicyclic) bond motifs is 1. The lowest BCUT2D eigenvalue weighted by Crippen LogP contribution is -2.55. The molecule has 3 aliphatic rings. The van der Waals surface area contributed by atoms with E-state index in [0.29, 0.717) is 32.5 Å². The second-order valence-corrected chi connectivity index (χ2v) is 10.4. The average Bonchev–Trinajstić information content (AvgIpc) is 3.11. The highest BCUT2D eigenvalue weighted by atomic mass is 16.2. The summed E-state index contributed by atoms with van der Waals surface area (Å²) in [5, 5.41) is 0. The second kappa shape index (κ2) is 10.7. The molecule has 2 fully saturated rings. The van der Waals surface area contributed by atoms with Gasteiger partial charge < -0.3 is 14.7 Å². The highest BCUT2D eigenvalue weighted by Gasteiger charge is 2.39. The summed E-state index contributed by atoms with van der Waals surface area (Å²) in [6.45, 7) is 7.55. The van der Waals surface area contributed by atoms with Crippen LogP contribution in [0.15, 0.2) is 24.3 Å². The molecule has 0 radical (unpaired) electrons. The zero-order valence-electron chi connectivity index (χ0n) is 20.3. The third kappa shape index (κ3) is 5.59. The van der Waals surface area contributed by atoms with Crippen LogP contribution in [0.1, 0.15) is 69.9 Å². The molecular weight excluding hydrogens is 414 g/mol. The van der Waals surface area contributed by atoms with Crippen LogP contribution in [0.5, 0.6) is 0 Å². The summed E-state index contributed by atoms with van der Waals surface area (Å²) < 4.78 is 0. The van der Waals surface area contributed by atoms with Crippen molar-refractivity contribution in [1.29, 1.82) is 0 Å². The molecule has 180 valence electrons. The molecule has 0 N–H and O–H groups in total. The molecule has 1 aromatic carbocycles. The van der Waals surface area contributed by atoms with Gasteiger partial charge in [-0.1, -0.05) is 51.0 Å². The Balaban J connectivity index is 1.41. The van der Waals surface area contributed by atoms with Gasteiger partial charge in [0.05, 0.1) is 0 Å². The number of carbonyl (C=O) groups is 3. The second-order valence-electron chi connectivity index (χ2n) is 10.4. The SMILES string of the molecule is CC(C)CC(=O)N1Cc2ccccc2CC1C(=O)N1CCC(C(=O)N2CCCCCC2)CC1. The molecule has 6 heteroatoms. The lowest BCUT2D eigenvalue weighted by molar-refractivity contribution is -0.149. The number of hydrogen-bond donors (Lipinski definition) is 0. The maximum absolute atomic E-state index is 13.6. The molecular formula is C27H39N3O3. The van der Waals surface area contributed by atoms with Crippen LogP contribution in [0.25, 0.3) is 0 Å². The van der Waals surface area contributed by atoms with Crippen molar-refractivity contribution in [3.63, 3.8) is 0 Å². The zero-order valence-corrected chi connectivity index (χ0v) is 20.3. The molecule has 2 saturated heterocycles. The topological polar surface area (TPSA) is 60.9 Å². The number of rotatable bonds is 4. The predicted octanol–water partition coefficient (Wildman–Crippen LogP) is 3.63. The number of nitrogens with zero attached hydrogens (tertiary/aromatic N) is 3. The van der Waals surface area contributed by atoms with Crippen molar-refractivity contribution in [3.05, 3.63) is 35.4 Å². The van der Waals surface area contributed by atoms with E-state index in [1.807, 2.05) is 30.9 Å². The first-order chi connectivity index (χ1) is 15.9. The van der Waals surface area contributed by atoms with E-state index >= 15 is 0 Å². The molecule has 0 bridgehead atoms. The van der Waals surface area contributed by atoms with Gasteiger partial charge in [0.25, 0.3) is 0 Å². The molecule has 0 aromatic heterocycles. The van der Waals surface area contributed by atoms with Crippen molar-refractivity contribution >= 4 is 17.7 Å². The molecule has 3 aliphatic heterocycles. The van der Waals surface area contributed by atoms with E-state index in [-0.39, 0.29) is 29.6 Å². The van der Waals surface area contributed by atoms with Gasteiger partial charge in [-0.25, -0.2) is 0 Å². The smallest absolute Gasteiger partial charge is 0.245 e. The van der Waals surface area contributed by atoms with Crippen LogP contribution < -0.4 is 0 Å². The van der Waals surface area contributed by atoms with Crippen molar-refractivity contribution < 1.29 is 14.4 Å². The lowest BCUT2D eigenvalue weighted by Gasteiger charge is -2.41. The molecule has 3 amide bonds. The molecule has 6 nitrogen and oxygen atoms in total. The van der Waals surface area contributed by atoms with Crippen molar-refractivity contribution in [2.24, 2.45) is 11.8 Å². The Morgan fingerprint density at radius 3 is 2.09 bits per heavy atom. The summed E-state index contributed by atoms with van der Waals surface area (Å²) in [6, 6.07) is 7.70. The molecule has 0 spiro atoms. The van der Waals surface area contributed by atoms with Crippen LogP contribution in [0.2, 0.25) is 0 Å². The number of benzene rings is 1. The Kier molecular flexibility index (Phi) is 7.71. The monoisotopic (exact) mass is 453 g/mol. The summed E-state index contributed by atoms with van der Waals surface area (Å²) in [4.78, 5) is 45.5. The standard InChI is InChI=1S/C27H39N3O3/c1-20(2)17-25(31)30-19-23-10-6-5-9-22(23)18-24(30)27(33)29-15-11-21(12-16-29)26(32)28-13-7-3-4-8-14-28/h5-6,9-10,20-21,24H,3-4,7-8,11-19H2,1-2H3. The van der Waals surface area contributed by atoms with Gasteiger partial charge in [-0.15, -0.1) is 0 Å². The summed E-state index contributed by atoms with van der Waals surface area (Å²) >= 11 is 0. The fraction of sp³-hybridized carbons (Fsp3) is 0.667. The van der Waals surface area contributed by atoms with Crippen LogP contribution in [0.4, 0.5) is 0 Å². The normalized spacial score (nSPS) is 22.2. The van der Waals surface area contributed by atoms with Gasteiger partial charge >= 0.3 is 0 Å². The molecule has 1 aromatic rings. The third-order valence-electron chi connectivity index (χ3n) is 7.51. The van der Waals surface area contributed by atoms with Gasteiger partial charge in [-0.3, -0.25) is 14.4 Å². The Morgan fingerprint density at radius 1 is 0.848 bits per heavy atom. The first-order valence-corrected chi connectivity index (χ1v) is 12.9. The Morgan fingerprint density at radius 2 is 1.45 bits per heavy atom. The molecule has 1 atom stereocenters. The predicted molar refractivity (Wildman–Crippen MR) is 128 cm³/mol. The van der Waals surface area contributed by atoms with Crippen molar-refractivity contribution in [1.82, 2.24) is 14.7 Å². The summed E-state index contributed by atoms with van der Waals surface area (Å²) in [6.07, 6.45) is 7.12. The quantitative estimate of drug-likeness (QED) is 0.700. The van der Waals surface area contributed by atoms with E-state index in [1.54, 1.807) is 4.90 Å². The van der Waals surface area contributed by atoms with E-state index in [2.05, 4.69) is 17.0 Å². The maximum atomic E-state index is 13.6. The highest BCUT2D eigenvalue weighted by Crippen LogP contribution is 2.28. The number of amides is 3. The minimum Gasteiger partial charge on any atom is -0.342 e. The van der Waals surface area contributed by atoms with Crippen LogP contribution >= 0.6 is 0 Å². The van der Waals surface area contributed by atoms with E-state index in [0.717, 1.165) is 49.9 Å². The van der Waals surface area contributed by atoms with Gasteiger partial charge in [0.2, 0.25) is 17.7 Å². The Labute approximate surface area is 198 Å². The van der Waals surface area contributed by atoms with Gasteiger partial charge in [0, 0.05) is 51.5 Å². The highest BCUT2D eigenvalue weighted by molar-refractivity contribution is 5.89.